The second kappa shape index (κ2) is 26.0. The Kier molecular flexibility index (Phi) is 346. The molecule has 1 nitrogen and oxygen atoms in total. The highest BCUT2D eigenvalue weighted by Gasteiger charge is -0.344. The van der Waals surface area contributed by atoms with E-state index in [-0.39, 0.29) is 57.1 Å². The minimum atomic E-state index is 0. The molecule has 0 aromatic carbocycles. The van der Waals surface area contributed by atoms with Crippen LogP contribution in [-0.4, -0.2) is 0 Å². The lowest BCUT2D eigenvalue weighted by atomic mass is 14.0. The Hall–Kier alpha value is 1.40. The van der Waals surface area contributed by atoms with Crippen molar-refractivity contribution >= 4 is 0 Å². The summed E-state index contributed by atoms with van der Waals surface area (Å²) in [5.41, 5.74) is 0. The molecule has 0 aliphatic rings. The second-order valence-corrected chi connectivity index (χ2v) is 0. The summed E-state index contributed by atoms with van der Waals surface area (Å²) in [5.74, 6) is 0. The van der Waals surface area contributed by atoms with E-state index in [1.54, 1.807) is 0 Å². The topological polar surface area (TPSA) is 35.0 Å². The summed E-state index contributed by atoms with van der Waals surface area (Å²) in [6, 6.07) is 0. The second-order valence-electron chi connectivity index (χ2n) is 0. The third-order valence-electron chi connectivity index (χ3n) is 0. The molecule has 3 N–H and O–H groups in total. The van der Waals surface area contributed by atoms with Gasteiger partial charge in [0.2, 0.25) is 0 Å². The largest absolute Gasteiger partial charge is 1.00 e. The normalized spacial score (nSPS) is 0. The minimum Gasteiger partial charge on any atom is -1.00 e. The lowest BCUT2D eigenvalue weighted by Gasteiger charge is -1.00. The van der Waals surface area contributed by atoms with E-state index in [2.05, 4.69) is 0 Å². The highest BCUT2D eigenvalue weighted by atomic mass is 79.9. The molecule has 4 heavy (non-hydrogen) atoms. The number of hydrogen-bond acceptors (Lipinski definition) is 1. The maximum Gasteiger partial charge on any atom is -0.344 e. The van der Waals surface area contributed by atoms with Crippen molar-refractivity contribution in [2.75, 3.05) is 0 Å². The van der Waals surface area contributed by atoms with Gasteiger partial charge in [0.1, 0.15) is 0 Å². The zero-order valence-corrected chi connectivity index (χ0v) is 6.60. The fourth-order valence-electron chi connectivity index (χ4n) is 0. The summed E-state index contributed by atoms with van der Waals surface area (Å²) in [4.78, 5) is 0. The van der Waals surface area contributed by atoms with Crippen molar-refractivity contribution < 1.29 is 50.9 Å². The summed E-state index contributed by atoms with van der Waals surface area (Å²) in [7, 11) is 0. The van der Waals surface area contributed by atoms with Gasteiger partial charge in [-0.25, -0.2) is 0 Å². The molecule has 0 rings (SSSR count). The van der Waals surface area contributed by atoms with Gasteiger partial charge in [0.25, 0.3) is 0 Å². The van der Waals surface area contributed by atoms with Crippen LogP contribution in [0.2, 0.25) is 0 Å². The van der Waals surface area contributed by atoms with Gasteiger partial charge < -0.3 is 57.1 Å². The van der Waals surface area contributed by atoms with Crippen molar-refractivity contribution in [2.45, 2.75) is 0 Å². The van der Waals surface area contributed by atoms with Crippen molar-refractivity contribution in [1.29, 1.82) is 0 Å². The van der Waals surface area contributed by atoms with Crippen LogP contribution in [0.3, 0.4) is 0 Å². The van der Waals surface area contributed by atoms with Gasteiger partial charge in [0.15, 0.2) is 0 Å². The van der Waals surface area contributed by atoms with Crippen molar-refractivity contribution in [2.24, 2.45) is 0 Å². The molecule has 32 valence electrons. The monoisotopic (exact) mass is 254 g/mol. The summed E-state index contributed by atoms with van der Waals surface area (Å²) < 4.78 is 0. The first-order valence-corrected chi connectivity index (χ1v) is 0. The number of hydrogen-bond donors (Lipinski definition) is 1. The molecule has 0 aliphatic heterocycles. The molecule has 0 aliphatic carbocycles. The van der Waals surface area contributed by atoms with E-state index < -0.39 is 0 Å². The molecule has 0 spiro atoms. The van der Waals surface area contributed by atoms with Gasteiger partial charge in [-0.1, -0.05) is 0 Å². The van der Waals surface area contributed by atoms with Crippen LogP contribution in [0.15, 0.2) is 0 Å². The van der Waals surface area contributed by atoms with E-state index in [0.29, 0.717) is 0 Å². The molecule has 0 atom stereocenters. The Morgan fingerprint density at radius 2 is 0.500 bits per heavy atom. The van der Waals surface area contributed by atoms with Gasteiger partial charge in [-0.3, -0.25) is 0 Å². The van der Waals surface area contributed by atoms with Crippen LogP contribution in [0.4, 0.5) is 0 Å². The smallest absolute Gasteiger partial charge is 0.344 e. The maximum absolute atomic E-state index is 0. The molecule has 0 amide bonds. The zero-order valence-electron chi connectivity index (χ0n) is 1.84. The predicted molar refractivity (Wildman–Crippen MR) is 5.02 cm³/mol. The molecule has 0 unspecified atom stereocenters. The van der Waals surface area contributed by atoms with Gasteiger partial charge in [-0.2, -0.15) is 0 Å². The predicted octanol–water partition coefficient (Wildman–Crippen LogP) is -8.83. The Morgan fingerprint density at radius 3 is 0.500 bits per heavy atom. The summed E-state index contributed by atoms with van der Waals surface area (Å²) in [6.45, 7) is 0. The molecule has 0 aromatic heterocycles. The van der Waals surface area contributed by atoms with Gasteiger partial charge >= 0.3 is 0 Å². The van der Waals surface area contributed by atoms with Crippen LogP contribution in [0.5, 0.6) is 0 Å². The van der Waals surface area contributed by atoms with Crippen molar-refractivity contribution in [3.63, 3.8) is 0 Å². The highest BCUT2D eigenvalue weighted by molar-refractivity contribution is 2.13. The summed E-state index contributed by atoms with van der Waals surface area (Å²) in [6.07, 6.45) is 0. The van der Waals surface area contributed by atoms with Crippen molar-refractivity contribution in [3.8, 4) is 0 Å². The third kappa shape index (κ3) is 9.99. The Labute approximate surface area is 57.0 Å². The lowest BCUT2D eigenvalue weighted by molar-refractivity contribution is -0.00100. The zero-order chi connectivity index (χ0) is 0. The Balaban J connectivity index is 0. The van der Waals surface area contributed by atoms with E-state index >= 15 is 0 Å². The molecule has 0 fully saturated rings. The van der Waals surface area contributed by atoms with Crippen LogP contribution in [-0.2, 0) is 0 Å². The first-order chi connectivity index (χ1) is 0. The molecule has 0 saturated carbocycles. The first-order valence-electron chi connectivity index (χ1n) is 0. The highest BCUT2D eigenvalue weighted by Crippen LogP contribution is -0.481. The summed E-state index contributed by atoms with van der Waals surface area (Å²) in [5, 5.41) is 0. The van der Waals surface area contributed by atoms with Crippen LogP contribution in [0.1, 0.15) is 0 Å². The molecule has 0 saturated heterocycles. The first kappa shape index (κ1) is 53.3. The van der Waals surface area contributed by atoms with Crippen LogP contribution >= 0.6 is 0 Å². The SMILES string of the molecule is N.[Br-].[Br-].[Br-]. The van der Waals surface area contributed by atoms with Gasteiger partial charge in [-0.15, -0.1) is 0 Å². The van der Waals surface area contributed by atoms with Crippen LogP contribution in [0.25, 0.3) is 0 Å². The van der Waals surface area contributed by atoms with Gasteiger partial charge in [0, 0.05) is 0 Å². The van der Waals surface area contributed by atoms with Crippen molar-refractivity contribution in [1.82, 2.24) is 6.15 Å². The average molecular weight is 257 g/mol. The number of halogens is 3. The Morgan fingerprint density at radius 1 is 0.500 bits per heavy atom. The third-order valence-corrected chi connectivity index (χ3v) is 0. The lowest BCUT2D eigenvalue weighted by Crippen LogP contribution is -3.00. The fraction of sp³-hybridized carbons (Fsp3) is 0. The molecular formula is H3Br3N-3. The Bertz CT molecular complexity index is 3.25. The molecule has 0 radical (unpaired) electrons. The summed E-state index contributed by atoms with van der Waals surface area (Å²) >= 11 is 0. The maximum atomic E-state index is 0. The van der Waals surface area contributed by atoms with E-state index in [9.17, 15) is 0 Å². The fourth-order valence-corrected chi connectivity index (χ4v) is 0. The molecular weight excluding hydrogens is 254 g/mol. The van der Waals surface area contributed by atoms with E-state index in [4.69, 9.17) is 0 Å². The minimum absolute atomic E-state index is 0. The van der Waals surface area contributed by atoms with E-state index in [0.717, 1.165) is 0 Å². The number of rotatable bonds is 0. The van der Waals surface area contributed by atoms with Gasteiger partial charge in [0.05, 0.1) is 0 Å². The molecule has 0 aromatic rings. The quantitative estimate of drug-likeness (QED) is 0.459. The van der Waals surface area contributed by atoms with E-state index in [1.807, 2.05) is 0 Å². The molecule has 0 bridgehead atoms. The van der Waals surface area contributed by atoms with Crippen molar-refractivity contribution in [3.05, 3.63) is 0 Å². The molecule has 4 heteroatoms. The molecule has 0 heterocycles. The standard InChI is InChI=1S/3BrH.H3N/h3*1H;1H3/p-3. The van der Waals surface area contributed by atoms with Crippen LogP contribution in [0, 0.1) is 0 Å². The average Bonchev–Trinajstić information content (AvgIpc) is 0. The van der Waals surface area contributed by atoms with Crippen LogP contribution < -0.4 is 57.1 Å². The van der Waals surface area contributed by atoms with E-state index in [1.165, 1.54) is 0 Å². The van der Waals surface area contributed by atoms with Gasteiger partial charge in [-0.05, 0) is 0 Å².